The van der Waals surface area contributed by atoms with Crippen LogP contribution in [0, 0.1) is 0 Å². The highest BCUT2D eigenvalue weighted by Crippen LogP contribution is 2.35. The minimum atomic E-state index is 0.104. The molecule has 0 aliphatic heterocycles. The number of nitrogens with zero attached hydrogens (tertiary/aromatic N) is 4. The molecule has 0 spiro atoms. The van der Waals surface area contributed by atoms with Crippen molar-refractivity contribution in [3.8, 4) is 17.1 Å². The van der Waals surface area contributed by atoms with Gasteiger partial charge in [0.15, 0.2) is 11.2 Å². The van der Waals surface area contributed by atoms with Crippen LogP contribution in [0.1, 0.15) is 6.92 Å². The summed E-state index contributed by atoms with van der Waals surface area (Å²) >= 11 is 0. The van der Waals surface area contributed by atoms with Crippen molar-refractivity contribution in [2.24, 2.45) is 0 Å². The maximum atomic E-state index is 6.10. The second kappa shape index (κ2) is 5.91. The van der Waals surface area contributed by atoms with Crippen LogP contribution in [0.2, 0.25) is 0 Å². The second-order valence-corrected chi connectivity index (χ2v) is 6.03. The molecule has 0 bridgehead atoms. The lowest BCUT2D eigenvalue weighted by Crippen LogP contribution is -2.04. The molecule has 0 saturated heterocycles. The van der Waals surface area contributed by atoms with Gasteiger partial charge in [-0.3, -0.25) is 0 Å². The van der Waals surface area contributed by atoms with E-state index in [0.717, 1.165) is 27.5 Å². The molecule has 7 heteroatoms. The lowest BCUT2D eigenvalue weighted by molar-refractivity contribution is 0.330. The number of hydrogen-bond donors (Lipinski definition) is 1. The van der Waals surface area contributed by atoms with Crippen molar-refractivity contribution in [3.63, 3.8) is 0 Å². The molecule has 2 N–H and O–H groups in total. The van der Waals surface area contributed by atoms with Gasteiger partial charge in [0.2, 0.25) is 11.8 Å². The molecule has 0 amide bonds. The Balaban J connectivity index is 1.78. The van der Waals surface area contributed by atoms with Crippen molar-refractivity contribution in [1.82, 2.24) is 19.9 Å². The molecule has 5 rings (SSSR count). The Morgan fingerprint density at radius 1 is 1.00 bits per heavy atom. The van der Waals surface area contributed by atoms with Gasteiger partial charge in [-0.1, -0.05) is 30.3 Å². The first-order valence-electron chi connectivity index (χ1n) is 8.58. The molecular formula is C20H15N5O2. The van der Waals surface area contributed by atoms with Gasteiger partial charge >= 0.3 is 0 Å². The molecule has 0 unspecified atom stereocenters. The van der Waals surface area contributed by atoms with Crippen molar-refractivity contribution in [1.29, 1.82) is 0 Å². The fourth-order valence-corrected chi connectivity index (χ4v) is 3.21. The Morgan fingerprint density at radius 2 is 1.85 bits per heavy atom. The van der Waals surface area contributed by atoms with E-state index in [1.54, 1.807) is 6.20 Å². The molecule has 0 saturated carbocycles. The number of furan rings is 1. The fourth-order valence-electron chi connectivity index (χ4n) is 3.21. The van der Waals surface area contributed by atoms with E-state index < -0.39 is 0 Å². The van der Waals surface area contributed by atoms with Gasteiger partial charge in [0, 0.05) is 16.3 Å². The maximum Gasteiger partial charge on any atom is 0.247 e. The Labute approximate surface area is 153 Å². The third kappa shape index (κ3) is 2.43. The third-order valence-electron chi connectivity index (χ3n) is 4.35. The van der Waals surface area contributed by atoms with E-state index in [1.807, 2.05) is 49.4 Å². The van der Waals surface area contributed by atoms with Gasteiger partial charge in [0.1, 0.15) is 11.2 Å². The van der Waals surface area contributed by atoms with Crippen LogP contribution < -0.4 is 10.5 Å². The van der Waals surface area contributed by atoms with E-state index in [-0.39, 0.29) is 5.95 Å². The molecule has 132 valence electrons. The fraction of sp³-hybridized carbons (Fsp3) is 0.100. The Bertz CT molecular complexity index is 1310. The molecule has 27 heavy (non-hydrogen) atoms. The Morgan fingerprint density at radius 3 is 2.74 bits per heavy atom. The molecule has 0 fully saturated rings. The first-order chi connectivity index (χ1) is 13.2. The highest BCUT2D eigenvalue weighted by molar-refractivity contribution is 6.09. The number of rotatable bonds is 3. The molecule has 0 aliphatic rings. The van der Waals surface area contributed by atoms with Gasteiger partial charge in [0.25, 0.3) is 0 Å². The largest absolute Gasteiger partial charge is 0.476 e. The minimum absolute atomic E-state index is 0.104. The number of fused-ring (bicyclic) bond motifs is 4. The van der Waals surface area contributed by atoms with Crippen molar-refractivity contribution in [2.75, 3.05) is 12.3 Å². The van der Waals surface area contributed by atoms with Crippen molar-refractivity contribution < 1.29 is 9.15 Å². The lowest BCUT2D eigenvalue weighted by Gasteiger charge is -2.07. The van der Waals surface area contributed by atoms with E-state index in [4.69, 9.17) is 19.9 Å². The predicted octanol–water partition coefficient (Wildman–Crippen LogP) is 3.97. The normalized spacial score (nSPS) is 11.4. The van der Waals surface area contributed by atoms with Crippen LogP contribution in [0.15, 0.2) is 53.1 Å². The van der Waals surface area contributed by atoms with Gasteiger partial charge < -0.3 is 14.9 Å². The van der Waals surface area contributed by atoms with E-state index in [0.29, 0.717) is 29.3 Å². The first kappa shape index (κ1) is 15.5. The highest BCUT2D eigenvalue weighted by atomic mass is 16.5. The molecule has 5 aromatic rings. The number of ether oxygens (including phenoxy) is 1. The Kier molecular flexibility index (Phi) is 3.39. The van der Waals surface area contributed by atoms with Crippen LogP contribution in [0.5, 0.6) is 5.88 Å². The van der Waals surface area contributed by atoms with Gasteiger partial charge in [-0.25, -0.2) is 9.97 Å². The Hall–Kier alpha value is -3.74. The smallest absolute Gasteiger partial charge is 0.247 e. The summed E-state index contributed by atoms with van der Waals surface area (Å²) in [5.41, 5.74) is 9.70. The number of nitrogens with two attached hydrogens (primary N) is 1. The number of nitrogen functional groups attached to an aromatic ring is 1. The number of benzene rings is 2. The molecule has 3 aromatic heterocycles. The average Bonchev–Trinajstić information content (AvgIpc) is 3.07. The van der Waals surface area contributed by atoms with Gasteiger partial charge in [-0.05, 0) is 19.1 Å². The SMILES string of the molecule is CCOc1nc(N)nc2ncc(-c3cccc4c3oc3ccccc34)nc12. The topological polar surface area (TPSA) is 100.0 Å². The maximum absolute atomic E-state index is 6.10. The molecule has 2 aromatic carbocycles. The van der Waals surface area contributed by atoms with E-state index in [1.165, 1.54) is 0 Å². The van der Waals surface area contributed by atoms with Crippen LogP contribution in [0.4, 0.5) is 5.95 Å². The average molecular weight is 357 g/mol. The standard InChI is InChI=1S/C20H15N5O2/c1-2-26-19-16-18(24-20(21)25-19)22-10-14(23-16)13-8-5-7-12-11-6-3-4-9-15(11)27-17(12)13/h3-10H,2H2,1H3,(H2,21,22,24,25). The zero-order valence-electron chi connectivity index (χ0n) is 14.5. The summed E-state index contributed by atoms with van der Waals surface area (Å²) in [6.45, 7) is 2.31. The van der Waals surface area contributed by atoms with E-state index >= 15 is 0 Å². The first-order valence-corrected chi connectivity index (χ1v) is 8.58. The third-order valence-corrected chi connectivity index (χ3v) is 4.35. The lowest BCUT2D eigenvalue weighted by atomic mass is 10.1. The molecule has 7 nitrogen and oxygen atoms in total. The number of para-hydroxylation sites is 2. The van der Waals surface area contributed by atoms with Gasteiger partial charge in [-0.2, -0.15) is 9.97 Å². The monoisotopic (exact) mass is 357 g/mol. The molecular weight excluding hydrogens is 342 g/mol. The summed E-state index contributed by atoms with van der Waals surface area (Å²) in [6, 6.07) is 13.9. The van der Waals surface area contributed by atoms with Crippen LogP contribution in [-0.2, 0) is 0 Å². The summed E-state index contributed by atoms with van der Waals surface area (Å²) in [5.74, 6) is 0.429. The molecule has 0 atom stereocenters. The summed E-state index contributed by atoms with van der Waals surface area (Å²) in [6.07, 6.45) is 1.66. The second-order valence-electron chi connectivity index (χ2n) is 6.03. The van der Waals surface area contributed by atoms with Crippen LogP contribution in [0.25, 0.3) is 44.4 Å². The zero-order chi connectivity index (χ0) is 18.4. The van der Waals surface area contributed by atoms with E-state index in [2.05, 4.69) is 15.0 Å². The van der Waals surface area contributed by atoms with E-state index in [9.17, 15) is 0 Å². The predicted molar refractivity (Wildman–Crippen MR) is 103 cm³/mol. The minimum Gasteiger partial charge on any atom is -0.476 e. The number of aromatic nitrogens is 4. The van der Waals surface area contributed by atoms with Crippen molar-refractivity contribution >= 4 is 39.1 Å². The summed E-state index contributed by atoms with van der Waals surface area (Å²) in [7, 11) is 0. The molecule has 0 aliphatic carbocycles. The van der Waals surface area contributed by atoms with Gasteiger partial charge in [-0.15, -0.1) is 0 Å². The number of anilines is 1. The van der Waals surface area contributed by atoms with Crippen molar-refractivity contribution in [2.45, 2.75) is 6.92 Å². The summed E-state index contributed by atoms with van der Waals surface area (Å²) in [5, 5.41) is 2.10. The zero-order valence-corrected chi connectivity index (χ0v) is 14.5. The number of hydrogen-bond acceptors (Lipinski definition) is 7. The quantitative estimate of drug-likeness (QED) is 0.521. The molecule has 0 radical (unpaired) electrons. The van der Waals surface area contributed by atoms with Gasteiger partial charge in [0.05, 0.1) is 18.5 Å². The summed E-state index contributed by atoms with van der Waals surface area (Å²) < 4.78 is 11.7. The van der Waals surface area contributed by atoms with Crippen LogP contribution in [0.3, 0.4) is 0 Å². The van der Waals surface area contributed by atoms with Crippen LogP contribution in [-0.4, -0.2) is 26.5 Å². The highest BCUT2D eigenvalue weighted by Gasteiger charge is 2.16. The van der Waals surface area contributed by atoms with Crippen molar-refractivity contribution in [3.05, 3.63) is 48.7 Å². The molecule has 3 heterocycles. The summed E-state index contributed by atoms with van der Waals surface area (Å²) in [4.78, 5) is 17.4. The van der Waals surface area contributed by atoms with Crippen LogP contribution >= 0.6 is 0 Å².